The van der Waals surface area contributed by atoms with Gasteiger partial charge in [-0.15, -0.1) is 0 Å². The molecule has 5 nitrogen and oxygen atoms in total. The molecule has 0 spiro atoms. The molecule has 0 bridgehead atoms. The Hall–Kier alpha value is -3.05. The van der Waals surface area contributed by atoms with Gasteiger partial charge in [-0.05, 0) is 43.7 Å². The minimum Gasteiger partial charge on any atom is -0.495 e. The van der Waals surface area contributed by atoms with Crippen molar-refractivity contribution < 1.29 is 19.1 Å². The summed E-state index contributed by atoms with van der Waals surface area (Å²) in [6.07, 6.45) is 1.70. The second-order valence-corrected chi connectivity index (χ2v) is 6.79. The Morgan fingerprint density at radius 3 is 2.46 bits per heavy atom. The van der Waals surface area contributed by atoms with Crippen molar-refractivity contribution in [3.05, 3.63) is 75.5 Å². The van der Waals surface area contributed by atoms with E-state index in [-0.39, 0.29) is 17.1 Å². The van der Waals surface area contributed by atoms with E-state index in [0.717, 1.165) is 11.1 Å². The number of methoxy groups -OCH3 is 2. The van der Waals surface area contributed by atoms with E-state index in [0.29, 0.717) is 22.2 Å². The molecule has 0 atom stereocenters. The molecule has 1 amide bonds. The first kappa shape index (κ1) is 19.7. The number of carbonyl (C=O) groups is 2. The number of rotatable bonds is 4. The minimum absolute atomic E-state index is 0.237. The van der Waals surface area contributed by atoms with Gasteiger partial charge in [0.25, 0.3) is 5.91 Å². The third-order valence-electron chi connectivity index (χ3n) is 4.54. The van der Waals surface area contributed by atoms with E-state index in [4.69, 9.17) is 21.1 Å². The van der Waals surface area contributed by atoms with Crippen molar-refractivity contribution in [1.29, 1.82) is 0 Å². The second kappa shape index (κ2) is 7.90. The van der Waals surface area contributed by atoms with Crippen molar-refractivity contribution in [2.75, 3.05) is 19.1 Å². The molecule has 144 valence electrons. The topological polar surface area (TPSA) is 55.8 Å². The van der Waals surface area contributed by atoms with Crippen LogP contribution in [0.15, 0.2) is 59.3 Å². The second-order valence-electron chi connectivity index (χ2n) is 6.38. The van der Waals surface area contributed by atoms with Gasteiger partial charge in [0.05, 0.1) is 36.1 Å². The molecule has 2 aromatic carbocycles. The maximum absolute atomic E-state index is 13.2. The van der Waals surface area contributed by atoms with Crippen LogP contribution in [-0.4, -0.2) is 26.1 Å². The molecule has 0 N–H and O–H groups in total. The zero-order valence-electron chi connectivity index (χ0n) is 16.1. The standard InChI is InChI=1S/C22H20ClNO4/c1-13-6-5-7-15(10-13)11-17-20(22(26)28-4)14(2)24(21(17)25)16-8-9-19(27-3)18(23)12-16/h5-12H,1-4H3/b17-11-. The quantitative estimate of drug-likeness (QED) is 0.561. The summed E-state index contributed by atoms with van der Waals surface area (Å²) in [5.74, 6) is -0.380. The van der Waals surface area contributed by atoms with Crippen LogP contribution in [-0.2, 0) is 14.3 Å². The van der Waals surface area contributed by atoms with Gasteiger partial charge in [-0.3, -0.25) is 9.69 Å². The molecule has 3 rings (SSSR count). The normalized spacial score (nSPS) is 15.4. The fraction of sp³-hybridized carbons (Fsp3) is 0.182. The van der Waals surface area contributed by atoms with Gasteiger partial charge in [0, 0.05) is 5.70 Å². The van der Waals surface area contributed by atoms with Crippen molar-refractivity contribution in [3.8, 4) is 5.75 Å². The highest BCUT2D eigenvalue weighted by molar-refractivity contribution is 6.32. The van der Waals surface area contributed by atoms with Crippen molar-refractivity contribution in [3.63, 3.8) is 0 Å². The summed E-state index contributed by atoms with van der Waals surface area (Å²) in [6.45, 7) is 3.67. The molecule has 0 radical (unpaired) electrons. The van der Waals surface area contributed by atoms with Crippen LogP contribution in [0.3, 0.4) is 0 Å². The highest BCUT2D eigenvalue weighted by Gasteiger charge is 2.38. The first-order valence-corrected chi connectivity index (χ1v) is 9.01. The minimum atomic E-state index is -0.563. The van der Waals surface area contributed by atoms with Crippen LogP contribution in [0.2, 0.25) is 5.02 Å². The highest BCUT2D eigenvalue weighted by atomic mass is 35.5. The van der Waals surface area contributed by atoms with Crippen molar-refractivity contribution in [2.45, 2.75) is 13.8 Å². The van der Waals surface area contributed by atoms with Gasteiger partial charge < -0.3 is 9.47 Å². The van der Waals surface area contributed by atoms with Crippen LogP contribution < -0.4 is 9.64 Å². The number of halogens is 1. The lowest BCUT2D eigenvalue weighted by molar-refractivity contribution is -0.136. The molecule has 28 heavy (non-hydrogen) atoms. The highest BCUT2D eigenvalue weighted by Crippen LogP contribution is 2.38. The van der Waals surface area contributed by atoms with E-state index >= 15 is 0 Å². The summed E-state index contributed by atoms with van der Waals surface area (Å²) in [6, 6.07) is 12.7. The van der Waals surface area contributed by atoms with E-state index in [1.807, 2.05) is 31.2 Å². The van der Waals surface area contributed by atoms with E-state index in [2.05, 4.69) is 0 Å². The summed E-state index contributed by atoms with van der Waals surface area (Å²) in [7, 11) is 2.81. The van der Waals surface area contributed by atoms with E-state index in [1.165, 1.54) is 19.1 Å². The van der Waals surface area contributed by atoms with Crippen LogP contribution in [0.5, 0.6) is 5.75 Å². The van der Waals surface area contributed by atoms with Crippen LogP contribution in [0.1, 0.15) is 18.1 Å². The molecule has 1 aliphatic heterocycles. The molecule has 0 saturated heterocycles. The Kier molecular flexibility index (Phi) is 5.56. The molecular weight excluding hydrogens is 378 g/mol. The Bertz CT molecular complexity index is 1020. The lowest BCUT2D eigenvalue weighted by Gasteiger charge is -2.19. The molecule has 2 aromatic rings. The first-order chi connectivity index (χ1) is 13.4. The van der Waals surface area contributed by atoms with Crippen LogP contribution in [0.25, 0.3) is 6.08 Å². The zero-order valence-corrected chi connectivity index (χ0v) is 16.8. The Balaban J connectivity index is 2.14. The number of carbonyl (C=O) groups excluding carboxylic acids is 2. The Morgan fingerprint density at radius 1 is 1.11 bits per heavy atom. The lowest BCUT2D eigenvalue weighted by Crippen LogP contribution is -2.24. The predicted octanol–water partition coefficient (Wildman–Crippen LogP) is 4.53. The fourth-order valence-electron chi connectivity index (χ4n) is 3.21. The predicted molar refractivity (Wildman–Crippen MR) is 109 cm³/mol. The molecule has 0 aromatic heterocycles. The van der Waals surface area contributed by atoms with Gasteiger partial charge in [0.1, 0.15) is 5.75 Å². The van der Waals surface area contributed by atoms with Gasteiger partial charge in [-0.2, -0.15) is 0 Å². The van der Waals surface area contributed by atoms with E-state index in [9.17, 15) is 9.59 Å². The number of nitrogens with zero attached hydrogens (tertiary/aromatic N) is 1. The van der Waals surface area contributed by atoms with Crippen molar-refractivity contribution >= 4 is 35.2 Å². The van der Waals surface area contributed by atoms with E-state index in [1.54, 1.807) is 31.2 Å². The molecule has 0 aliphatic carbocycles. The number of benzene rings is 2. The van der Waals surface area contributed by atoms with Gasteiger partial charge in [-0.1, -0.05) is 41.4 Å². The summed E-state index contributed by atoms with van der Waals surface area (Å²) in [4.78, 5) is 27.1. The van der Waals surface area contributed by atoms with Gasteiger partial charge >= 0.3 is 5.97 Å². The third kappa shape index (κ3) is 3.53. The average molecular weight is 398 g/mol. The van der Waals surface area contributed by atoms with Crippen LogP contribution in [0, 0.1) is 6.92 Å². The largest absolute Gasteiger partial charge is 0.495 e. The molecule has 1 aliphatic rings. The number of anilines is 1. The van der Waals surface area contributed by atoms with Crippen molar-refractivity contribution in [2.24, 2.45) is 0 Å². The number of hydrogen-bond acceptors (Lipinski definition) is 4. The molecule has 0 unspecified atom stereocenters. The maximum atomic E-state index is 13.2. The third-order valence-corrected chi connectivity index (χ3v) is 4.83. The number of allylic oxidation sites excluding steroid dienone is 1. The number of ether oxygens (including phenoxy) is 2. The monoisotopic (exact) mass is 397 g/mol. The van der Waals surface area contributed by atoms with Gasteiger partial charge in [-0.25, -0.2) is 4.79 Å². The zero-order chi connectivity index (χ0) is 20.4. The summed E-state index contributed by atoms with van der Waals surface area (Å²) >= 11 is 6.23. The smallest absolute Gasteiger partial charge is 0.340 e. The number of aryl methyl sites for hydroxylation is 1. The Labute approximate surface area is 168 Å². The molecular formula is C22H20ClNO4. The molecule has 0 fully saturated rings. The van der Waals surface area contributed by atoms with Crippen molar-refractivity contribution in [1.82, 2.24) is 0 Å². The Morgan fingerprint density at radius 2 is 1.86 bits per heavy atom. The van der Waals surface area contributed by atoms with Crippen LogP contribution in [0.4, 0.5) is 5.69 Å². The molecule has 6 heteroatoms. The lowest BCUT2D eigenvalue weighted by atomic mass is 10.0. The summed E-state index contributed by atoms with van der Waals surface area (Å²) in [5.41, 5.74) is 3.42. The SMILES string of the molecule is COC(=O)C1=C(C)N(c2ccc(OC)c(Cl)c2)C(=O)/C1=C\c1cccc(C)c1. The first-order valence-electron chi connectivity index (χ1n) is 8.63. The number of hydrogen-bond donors (Lipinski definition) is 0. The summed E-state index contributed by atoms with van der Waals surface area (Å²) in [5, 5.41) is 0.372. The molecule has 0 saturated carbocycles. The average Bonchev–Trinajstić information content (AvgIpc) is 2.91. The number of amides is 1. The fourth-order valence-corrected chi connectivity index (χ4v) is 3.46. The maximum Gasteiger partial charge on any atom is 0.340 e. The summed E-state index contributed by atoms with van der Waals surface area (Å²) < 4.78 is 10.1. The molecule has 1 heterocycles. The van der Waals surface area contributed by atoms with Gasteiger partial charge in [0.2, 0.25) is 0 Å². The number of esters is 1. The van der Waals surface area contributed by atoms with Gasteiger partial charge in [0.15, 0.2) is 0 Å². The van der Waals surface area contributed by atoms with Crippen LogP contribution >= 0.6 is 11.6 Å². The van der Waals surface area contributed by atoms with E-state index < -0.39 is 5.97 Å².